The summed E-state index contributed by atoms with van der Waals surface area (Å²) in [6.45, 7) is 1.29. The lowest BCUT2D eigenvalue weighted by Gasteiger charge is -2.24. The first kappa shape index (κ1) is 9.68. The van der Waals surface area contributed by atoms with Gasteiger partial charge < -0.3 is 0 Å². The van der Waals surface area contributed by atoms with E-state index in [2.05, 4.69) is 0 Å². The summed E-state index contributed by atoms with van der Waals surface area (Å²) in [5, 5.41) is 0. The minimum atomic E-state index is -3.99. The Labute approximate surface area is 56.6 Å². The van der Waals surface area contributed by atoms with Gasteiger partial charge in [-0.25, -0.2) is 13.7 Å². The molecule has 62 valence electrons. The SMILES string of the molecule is CCN(C)C(F)(F)C(F)F. The van der Waals surface area contributed by atoms with E-state index in [9.17, 15) is 17.6 Å². The number of rotatable bonds is 3. The van der Waals surface area contributed by atoms with E-state index in [1.807, 2.05) is 0 Å². The molecule has 0 bridgehead atoms. The normalized spacial score (nSPS) is 13.2. The standard InChI is InChI=1S/C5H9F4N/c1-3-10(2)5(8,9)4(6)7/h4H,3H2,1-2H3. The molecule has 0 heterocycles. The predicted octanol–water partition coefficient (Wildman–Crippen LogP) is 1.80. The van der Waals surface area contributed by atoms with E-state index in [0.29, 0.717) is 4.90 Å². The Kier molecular flexibility index (Phi) is 3.08. The average molecular weight is 159 g/mol. The van der Waals surface area contributed by atoms with Crippen LogP contribution in [0.2, 0.25) is 0 Å². The fourth-order valence-electron chi connectivity index (χ4n) is 0.377. The summed E-state index contributed by atoms with van der Waals surface area (Å²) in [5.74, 6) is 0. The van der Waals surface area contributed by atoms with Crippen LogP contribution in [0.5, 0.6) is 0 Å². The van der Waals surface area contributed by atoms with E-state index in [0.717, 1.165) is 7.05 Å². The summed E-state index contributed by atoms with van der Waals surface area (Å²) in [6, 6.07) is -3.99. The van der Waals surface area contributed by atoms with Crippen molar-refractivity contribution in [3.8, 4) is 0 Å². The maximum atomic E-state index is 12.1. The molecule has 0 N–H and O–H groups in total. The summed E-state index contributed by atoms with van der Waals surface area (Å²) >= 11 is 0. The number of alkyl halides is 4. The molecule has 0 atom stereocenters. The largest absolute Gasteiger partial charge is 0.364 e. The average Bonchev–Trinajstić information content (AvgIpc) is 1.86. The minimum absolute atomic E-state index is 0.0999. The molecule has 0 aromatic heterocycles. The van der Waals surface area contributed by atoms with Crippen molar-refractivity contribution in [2.45, 2.75) is 19.4 Å². The smallest absolute Gasteiger partial charge is 0.243 e. The van der Waals surface area contributed by atoms with Gasteiger partial charge in [0.1, 0.15) is 0 Å². The third-order valence-electron chi connectivity index (χ3n) is 1.25. The summed E-state index contributed by atoms with van der Waals surface area (Å²) in [6.07, 6.45) is -3.61. The molecule has 0 aromatic rings. The Balaban J connectivity index is 4.09. The molecule has 0 amide bonds. The van der Waals surface area contributed by atoms with Crippen molar-refractivity contribution in [3.63, 3.8) is 0 Å². The Morgan fingerprint density at radius 2 is 1.80 bits per heavy atom. The van der Waals surface area contributed by atoms with Crippen LogP contribution in [-0.2, 0) is 0 Å². The van der Waals surface area contributed by atoms with Gasteiger partial charge in [0.2, 0.25) is 0 Å². The summed E-state index contributed by atoms with van der Waals surface area (Å²) in [7, 11) is 0.951. The van der Waals surface area contributed by atoms with Gasteiger partial charge in [0.05, 0.1) is 0 Å². The van der Waals surface area contributed by atoms with Crippen LogP contribution in [0, 0.1) is 0 Å². The van der Waals surface area contributed by atoms with E-state index in [1.54, 1.807) is 0 Å². The molecule has 0 aliphatic heterocycles. The highest BCUT2D eigenvalue weighted by molar-refractivity contribution is 4.66. The Morgan fingerprint density at radius 1 is 1.40 bits per heavy atom. The van der Waals surface area contributed by atoms with Crippen molar-refractivity contribution in [2.24, 2.45) is 0 Å². The van der Waals surface area contributed by atoms with Gasteiger partial charge in [-0.15, -0.1) is 0 Å². The van der Waals surface area contributed by atoms with Crippen LogP contribution in [-0.4, -0.2) is 31.0 Å². The molecule has 0 spiro atoms. The zero-order valence-electron chi connectivity index (χ0n) is 5.74. The van der Waals surface area contributed by atoms with E-state index < -0.39 is 12.5 Å². The molecular formula is C5H9F4N. The zero-order chi connectivity index (χ0) is 8.36. The summed E-state index contributed by atoms with van der Waals surface area (Å²) in [4.78, 5) is 0.303. The fraction of sp³-hybridized carbons (Fsp3) is 1.00. The first-order chi connectivity index (χ1) is 4.42. The second-order valence-electron chi connectivity index (χ2n) is 1.90. The van der Waals surface area contributed by atoms with Gasteiger partial charge in [-0.3, -0.25) is 0 Å². The van der Waals surface area contributed by atoms with Crippen molar-refractivity contribution < 1.29 is 17.6 Å². The van der Waals surface area contributed by atoms with Crippen LogP contribution in [0.1, 0.15) is 6.92 Å². The Bertz CT molecular complexity index is 104. The molecule has 0 fully saturated rings. The van der Waals surface area contributed by atoms with Crippen LogP contribution in [0.4, 0.5) is 17.6 Å². The fourth-order valence-corrected chi connectivity index (χ4v) is 0.377. The lowest BCUT2D eigenvalue weighted by atomic mass is 10.5. The molecule has 0 saturated carbocycles. The maximum Gasteiger partial charge on any atom is 0.364 e. The summed E-state index contributed by atoms with van der Waals surface area (Å²) in [5.41, 5.74) is 0. The van der Waals surface area contributed by atoms with Gasteiger partial charge in [0.15, 0.2) is 0 Å². The monoisotopic (exact) mass is 159 g/mol. The first-order valence-corrected chi connectivity index (χ1v) is 2.80. The van der Waals surface area contributed by atoms with Gasteiger partial charge in [-0.05, 0) is 7.05 Å². The van der Waals surface area contributed by atoms with Gasteiger partial charge in [0, 0.05) is 6.54 Å². The van der Waals surface area contributed by atoms with Gasteiger partial charge in [-0.1, -0.05) is 6.92 Å². The Hall–Kier alpha value is -0.320. The quantitative estimate of drug-likeness (QED) is 0.448. The third kappa shape index (κ3) is 1.83. The van der Waals surface area contributed by atoms with Crippen LogP contribution in [0.3, 0.4) is 0 Å². The minimum Gasteiger partial charge on any atom is -0.243 e. The predicted molar refractivity (Wildman–Crippen MR) is 29.3 cm³/mol. The molecule has 0 radical (unpaired) electrons. The molecular weight excluding hydrogens is 150 g/mol. The zero-order valence-corrected chi connectivity index (χ0v) is 5.74. The van der Waals surface area contributed by atoms with Crippen molar-refractivity contribution in [1.29, 1.82) is 0 Å². The van der Waals surface area contributed by atoms with E-state index in [1.165, 1.54) is 6.92 Å². The molecule has 0 unspecified atom stereocenters. The van der Waals surface area contributed by atoms with E-state index in [4.69, 9.17) is 0 Å². The highest BCUT2D eigenvalue weighted by atomic mass is 19.3. The number of hydrogen-bond acceptors (Lipinski definition) is 1. The molecule has 0 rings (SSSR count). The van der Waals surface area contributed by atoms with E-state index >= 15 is 0 Å². The van der Waals surface area contributed by atoms with Crippen molar-refractivity contribution in [1.82, 2.24) is 4.90 Å². The molecule has 0 aliphatic rings. The van der Waals surface area contributed by atoms with Crippen LogP contribution in [0.25, 0.3) is 0 Å². The second-order valence-corrected chi connectivity index (χ2v) is 1.90. The Morgan fingerprint density at radius 3 is 1.90 bits per heavy atom. The van der Waals surface area contributed by atoms with Gasteiger partial charge in [-0.2, -0.15) is 8.78 Å². The number of halogens is 4. The van der Waals surface area contributed by atoms with Crippen molar-refractivity contribution in [2.75, 3.05) is 13.6 Å². The van der Waals surface area contributed by atoms with Crippen molar-refractivity contribution in [3.05, 3.63) is 0 Å². The topological polar surface area (TPSA) is 3.24 Å². The second kappa shape index (κ2) is 3.18. The number of nitrogens with zero attached hydrogens (tertiary/aromatic N) is 1. The van der Waals surface area contributed by atoms with Gasteiger partial charge >= 0.3 is 12.5 Å². The van der Waals surface area contributed by atoms with E-state index in [-0.39, 0.29) is 6.54 Å². The maximum absolute atomic E-state index is 12.1. The molecule has 1 nitrogen and oxygen atoms in total. The number of hydrogen-bond donors (Lipinski definition) is 0. The molecule has 0 saturated heterocycles. The highest BCUT2D eigenvalue weighted by Gasteiger charge is 2.44. The highest BCUT2D eigenvalue weighted by Crippen LogP contribution is 2.25. The molecule has 0 aromatic carbocycles. The van der Waals surface area contributed by atoms with Crippen LogP contribution in [0.15, 0.2) is 0 Å². The van der Waals surface area contributed by atoms with Crippen LogP contribution < -0.4 is 0 Å². The third-order valence-corrected chi connectivity index (χ3v) is 1.25. The first-order valence-electron chi connectivity index (χ1n) is 2.80. The lowest BCUT2D eigenvalue weighted by molar-refractivity contribution is -0.217. The molecule has 10 heavy (non-hydrogen) atoms. The van der Waals surface area contributed by atoms with Crippen molar-refractivity contribution >= 4 is 0 Å². The summed E-state index contributed by atoms with van der Waals surface area (Å²) < 4.78 is 47.1. The molecule has 5 heteroatoms. The van der Waals surface area contributed by atoms with Crippen LogP contribution >= 0.6 is 0 Å². The molecule has 0 aliphatic carbocycles. The van der Waals surface area contributed by atoms with Gasteiger partial charge in [0.25, 0.3) is 0 Å². The lowest BCUT2D eigenvalue weighted by Crippen LogP contribution is -2.44.